The van der Waals surface area contributed by atoms with E-state index in [0.29, 0.717) is 6.42 Å². The fourth-order valence-electron chi connectivity index (χ4n) is 1.64. The molecule has 0 saturated carbocycles. The quantitative estimate of drug-likeness (QED) is 0.661. The molecule has 1 aromatic carbocycles. The van der Waals surface area contributed by atoms with E-state index in [0.717, 1.165) is 23.9 Å². The number of aromatic amines is 1. The number of carbonyl (C=O) groups excluding carboxylic acids is 1. The molecule has 20 heavy (non-hydrogen) atoms. The van der Waals surface area contributed by atoms with Gasteiger partial charge >= 0.3 is 0 Å². The monoisotopic (exact) mass is 278 g/mol. The summed E-state index contributed by atoms with van der Waals surface area (Å²) in [5, 5.41) is 19.7. The van der Waals surface area contributed by atoms with E-state index in [4.69, 9.17) is 0 Å². The van der Waals surface area contributed by atoms with E-state index in [1.54, 1.807) is 6.07 Å². The highest BCUT2D eigenvalue weighted by Crippen LogP contribution is 2.20. The summed E-state index contributed by atoms with van der Waals surface area (Å²) in [5.41, 5.74) is -0.0137. The van der Waals surface area contributed by atoms with Crippen LogP contribution in [0.2, 0.25) is 0 Å². The van der Waals surface area contributed by atoms with Gasteiger partial charge in [-0.2, -0.15) is 5.10 Å². The first-order valence-corrected chi connectivity index (χ1v) is 5.81. The molecular formula is C12H11FN4O3. The standard InChI is InChI=1S/C12H11FN4O3/c1-2-8-6-11(16-15-8)14-12(18)9-5-7(13)3-4-10(9)17(19)20/h3-6H,2H2,1H3,(H2,14,15,16,18). The van der Waals surface area contributed by atoms with Crippen molar-refractivity contribution in [2.75, 3.05) is 5.32 Å². The van der Waals surface area contributed by atoms with Crippen molar-refractivity contribution in [1.29, 1.82) is 0 Å². The average molecular weight is 278 g/mol. The number of nitrogens with one attached hydrogen (secondary N) is 2. The van der Waals surface area contributed by atoms with Crippen molar-refractivity contribution >= 4 is 17.4 Å². The molecule has 2 aromatic rings. The van der Waals surface area contributed by atoms with Crippen LogP contribution in [0.4, 0.5) is 15.9 Å². The summed E-state index contributed by atoms with van der Waals surface area (Å²) in [7, 11) is 0. The van der Waals surface area contributed by atoms with Crippen LogP contribution in [0.15, 0.2) is 24.3 Å². The van der Waals surface area contributed by atoms with E-state index in [2.05, 4.69) is 15.5 Å². The van der Waals surface area contributed by atoms with Crippen molar-refractivity contribution in [2.45, 2.75) is 13.3 Å². The number of hydrogen-bond donors (Lipinski definition) is 2. The fraction of sp³-hybridized carbons (Fsp3) is 0.167. The van der Waals surface area contributed by atoms with E-state index >= 15 is 0 Å². The molecule has 0 bridgehead atoms. The molecule has 1 amide bonds. The van der Waals surface area contributed by atoms with Crippen LogP contribution in [0.1, 0.15) is 23.0 Å². The Labute approximate surface area is 113 Å². The number of nitro groups is 1. The molecule has 8 heteroatoms. The Kier molecular flexibility index (Phi) is 3.74. The highest BCUT2D eigenvalue weighted by molar-refractivity contribution is 6.06. The molecule has 0 saturated heterocycles. The Bertz CT molecular complexity index is 668. The first-order chi connectivity index (χ1) is 9.51. The number of benzene rings is 1. The van der Waals surface area contributed by atoms with Crippen molar-refractivity contribution in [1.82, 2.24) is 10.2 Å². The zero-order chi connectivity index (χ0) is 14.7. The molecule has 7 nitrogen and oxygen atoms in total. The van der Waals surface area contributed by atoms with Gasteiger partial charge in [-0.05, 0) is 18.6 Å². The third kappa shape index (κ3) is 2.79. The van der Waals surface area contributed by atoms with Crippen LogP contribution in [0.5, 0.6) is 0 Å². The first-order valence-electron chi connectivity index (χ1n) is 5.81. The van der Waals surface area contributed by atoms with Crippen LogP contribution >= 0.6 is 0 Å². The predicted octanol–water partition coefficient (Wildman–Crippen LogP) is 2.27. The summed E-state index contributed by atoms with van der Waals surface area (Å²) in [6.45, 7) is 1.90. The second kappa shape index (κ2) is 5.47. The minimum Gasteiger partial charge on any atom is -0.305 e. The van der Waals surface area contributed by atoms with Crippen LogP contribution in [0.3, 0.4) is 0 Å². The smallest absolute Gasteiger partial charge is 0.282 e. The average Bonchev–Trinajstić information content (AvgIpc) is 2.85. The topological polar surface area (TPSA) is 101 Å². The van der Waals surface area contributed by atoms with Gasteiger partial charge in [0.15, 0.2) is 5.82 Å². The molecule has 1 heterocycles. The molecule has 104 valence electrons. The Morgan fingerprint density at radius 3 is 2.85 bits per heavy atom. The Balaban J connectivity index is 2.28. The van der Waals surface area contributed by atoms with E-state index in [1.807, 2.05) is 6.92 Å². The number of nitro benzene ring substituents is 1. The summed E-state index contributed by atoms with van der Waals surface area (Å²) < 4.78 is 13.1. The maximum absolute atomic E-state index is 13.1. The largest absolute Gasteiger partial charge is 0.305 e. The number of halogens is 1. The molecule has 0 aliphatic carbocycles. The molecular weight excluding hydrogens is 267 g/mol. The van der Waals surface area contributed by atoms with Gasteiger partial charge in [0.25, 0.3) is 11.6 Å². The molecule has 1 aromatic heterocycles. The lowest BCUT2D eigenvalue weighted by Crippen LogP contribution is -2.14. The van der Waals surface area contributed by atoms with Crippen molar-refractivity contribution in [3.63, 3.8) is 0 Å². The van der Waals surface area contributed by atoms with Crippen LogP contribution in [-0.2, 0) is 6.42 Å². The zero-order valence-electron chi connectivity index (χ0n) is 10.5. The van der Waals surface area contributed by atoms with E-state index in [9.17, 15) is 19.3 Å². The van der Waals surface area contributed by atoms with Gasteiger partial charge in [-0.15, -0.1) is 0 Å². The van der Waals surface area contributed by atoms with Gasteiger partial charge in [0.05, 0.1) is 4.92 Å². The maximum atomic E-state index is 13.1. The SMILES string of the molecule is CCc1cc(NC(=O)c2cc(F)ccc2[N+](=O)[O-])n[nH]1. The summed E-state index contributed by atoms with van der Waals surface area (Å²) >= 11 is 0. The van der Waals surface area contributed by atoms with Crippen molar-refractivity contribution in [3.05, 3.63) is 51.5 Å². The minimum atomic E-state index is -0.787. The van der Waals surface area contributed by atoms with Gasteiger partial charge < -0.3 is 5.32 Å². The summed E-state index contributed by atoms with van der Waals surface area (Å²) in [4.78, 5) is 22.0. The van der Waals surface area contributed by atoms with Crippen molar-refractivity contribution < 1.29 is 14.1 Å². The number of rotatable bonds is 4. The molecule has 0 atom stereocenters. The molecule has 0 fully saturated rings. The molecule has 0 aliphatic heterocycles. The predicted molar refractivity (Wildman–Crippen MR) is 69.0 cm³/mol. The van der Waals surface area contributed by atoms with E-state index in [-0.39, 0.29) is 11.4 Å². The second-order valence-electron chi connectivity index (χ2n) is 4.00. The van der Waals surface area contributed by atoms with Crippen LogP contribution in [0.25, 0.3) is 0 Å². The minimum absolute atomic E-state index is 0.227. The Morgan fingerprint density at radius 1 is 1.50 bits per heavy atom. The molecule has 0 aliphatic rings. The van der Waals surface area contributed by atoms with Crippen LogP contribution in [0, 0.1) is 15.9 Å². The summed E-state index contributed by atoms with van der Waals surface area (Å²) in [6.07, 6.45) is 0.697. The zero-order valence-corrected chi connectivity index (χ0v) is 10.5. The van der Waals surface area contributed by atoms with Gasteiger partial charge in [-0.1, -0.05) is 6.92 Å². The number of aryl methyl sites for hydroxylation is 1. The maximum Gasteiger partial charge on any atom is 0.282 e. The lowest BCUT2D eigenvalue weighted by atomic mass is 10.1. The van der Waals surface area contributed by atoms with Gasteiger partial charge in [-0.3, -0.25) is 20.0 Å². The number of anilines is 1. The van der Waals surface area contributed by atoms with Gasteiger partial charge in [0.1, 0.15) is 11.4 Å². The number of hydrogen-bond acceptors (Lipinski definition) is 4. The van der Waals surface area contributed by atoms with Gasteiger partial charge in [-0.25, -0.2) is 4.39 Å². The van der Waals surface area contributed by atoms with Gasteiger partial charge in [0, 0.05) is 17.8 Å². The third-order valence-electron chi connectivity index (χ3n) is 2.65. The normalized spacial score (nSPS) is 10.3. The number of H-pyrrole nitrogens is 1. The second-order valence-corrected chi connectivity index (χ2v) is 4.00. The fourth-order valence-corrected chi connectivity index (χ4v) is 1.64. The van der Waals surface area contributed by atoms with Crippen LogP contribution < -0.4 is 5.32 Å². The lowest BCUT2D eigenvalue weighted by molar-refractivity contribution is -0.385. The van der Waals surface area contributed by atoms with Crippen molar-refractivity contribution in [3.8, 4) is 0 Å². The Morgan fingerprint density at radius 2 is 2.25 bits per heavy atom. The number of aromatic nitrogens is 2. The molecule has 0 unspecified atom stereocenters. The van der Waals surface area contributed by atoms with E-state index in [1.165, 1.54) is 0 Å². The number of carbonyl (C=O) groups is 1. The molecule has 2 rings (SSSR count). The highest BCUT2D eigenvalue weighted by atomic mass is 19.1. The number of nitrogens with zero attached hydrogens (tertiary/aromatic N) is 2. The lowest BCUT2D eigenvalue weighted by Gasteiger charge is -2.03. The molecule has 2 N–H and O–H groups in total. The third-order valence-corrected chi connectivity index (χ3v) is 2.65. The van der Waals surface area contributed by atoms with Crippen molar-refractivity contribution in [2.24, 2.45) is 0 Å². The molecule has 0 radical (unpaired) electrons. The number of amides is 1. The molecule has 0 spiro atoms. The van der Waals surface area contributed by atoms with Gasteiger partial charge in [0.2, 0.25) is 0 Å². The summed E-state index contributed by atoms with van der Waals surface area (Å²) in [5.74, 6) is -1.28. The van der Waals surface area contributed by atoms with E-state index < -0.39 is 22.3 Å². The first kappa shape index (κ1) is 13.7. The Hall–Kier alpha value is -2.77. The highest BCUT2D eigenvalue weighted by Gasteiger charge is 2.21. The van der Waals surface area contributed by atoms with Crippen LogP contribution in [-0.4, -0.2) is 21.0 Å². The summed E-state index contributed by atoms with van der Waals surface area (Å²) in [6, 6.07) is 4.30.